The van der Waals surface area contributed by atoms with Gasteiger partial charge in [-0.2, -0.15) is 0 Å². The molecule has 0 amide bonds. The molecule has 1 aromatic carbocycles. The molecule has 1 unspecified atom stereocenters. The van der Waals surface area contributed by atoms with Gasteiger partial charge in [0.1, 0.15) is 11.5 Å². The van der Waals surface area contributed by atoms with Crippen molar-refractivity contribution in [2.24, 2.45) is 5.11 Å². The molecule has 1 N–H and O–H groups in total. The van der Waals surface area contributed by atoms with E-state index in [0.717, 1.165) is 0 Å². The number of benzene rings is 1. The Hall–Kier alpha value is -1.91. The summed E-state index contributed by atoms with van der Waals surface area (Å²) >= 11 is 0. The zero-order valence-corrected chi connectivity index (χ0v) is 9.12. The van der Waals surface area contributed by atoms with Gasteiger partial charge in [-0.3, -0.25) is 0 Å². The molecule has 0 aliphatic carbocycles. The predicted molar refractivity (Wildman–Crippen MR) is 58.5 cm³/mol. The highest BCUT2D eigenvalue weighted by molar-refractivity contribution is 5.46. The first-order chi connectivity index (χ1) is 7.74. The van der Waals surface area contributed by atoms with E-state index >= 15 is 0 Å². The van der Waals surface area contributed by atoms with Crippen LogP contribution in [0.5, 0.6) is 11.5 Å². The van der Waals surface area contributed by atoms with Crippen LogP contribution in [-0.4, -0.2) is 25.9 Å². The van der Waals surface area contributed by atoms with Gasteiger partial charge in [-0.05, 0) is 17.7 Å². The van der Waals surface area contributed by atoms with Crippen LogP contribution < -0.4 is 9.47 Å². The van der Waals surface area contributed by atoms with Crippen molar-refractivity contribution in [1.82, 2.24) is 0 Å². The molecule has 0 radical (unpaired) electrons. The van der Waals surface area contributed by atoms with Crippen molar-refractivity contribution in [2.75, 3.05) is 20.8 Å². The molecule has 1 aromatic rings. The molecule has 0 fully saturated rings. The minimum atomic E-state index is -0.943. The summed E-state index contributed by atoms with van der Waals surface area (Å²) in [6.45, 7) is -0.0623. The van der Waals surface area contributed by atoms with Crippen LogP contribution in [0.2, 0.25) is 0 Å². The first kappa shape index (κ1) is 12.2. The second kappa shape index (κ2) is 5.85. The monoisotopic (exact) mass is 223 g/mol. The van der Waals surface area contributed by atoms with E-state index in [-0.39, 0.29) is 6.54 Å². The fourth-order valence-electron chi connectivity index (χ4n) is 1.41. The topological polar surface area (TPSA) is 87.5 Å². The van der Waals surface area contributed by atoms with E-state index in [1.807, 2.05) is 0 Å². The lowest BCUT2D eigenvalue weighted by molar-refractivity contribution is 0.177. The molecular weight excluding hydrogens is 210 g/mol. The third kappa shape index (κ3) is 2.56. The SMILES string of the molecule is COc1cccc(OC)c1C(O)CN=[N+]=[N-]. The number of aliphatic hydroxyl groups is 1. The number of ether oxygens (including phenoxy) is 2. The van der Waals surface area contributed by atoms with E-state index in [2.05, 4.69) is 10.0 Å². The smallest absolute Gasteiger partial charge is 0.128 e. The minimum Gasteiger partial charge on any atom is -0.496 e. The number of azide groups is 1. The Labute approximate surface area is 93.0 Å². The third-order valence-electron chi connectivity index (χ3n) is 2.12. The van der Waals surface area contributed by atoms with E-state index in [4.69, 9.17) is 15.0 Å². The summed E-state index contributed by atoms with van der Waals surface area (Å²) in [5.41, 5.74) is 8.69. The summed E-state index contributed by atoms with van der Waals surface area (Å²) in [6.07, 6.45) is -0.943. The lowest BCUT2D eigenvalue weighted by Crippen LogP contribution is -2.06. The third-order valence-corrected chi connectivity index (χ3v) is 2.12. The van der Waals surface area contributed by atoms with Gasteiger partial charge in [0.15, 0.2) is 0 Å². The van der Waals surface area contributed by atoms with Crippen LogP contribution in [0.1, 0.15) is 11.7 Å². The van der Waals surface area contributed by atoms with Crippen molar-refractivity contribution in [3.8, 4) is 11.5 Å². The van der Waals surface area contributed by atoms with Crippen LogP contribution >= 0.6 is 0 Å². The Bertz CT molecular complexity index is 380. The Morgan fingerprint density at radius 2 is 1.94 bits per heavy atom. The molecule has 6 nitrogen and oxygen atoms in total. The fraction of sp³-hybridized carbons (Fsp3) is 0.400. The molecule has 0 bridgehead atoms. The molecular formula is C10H13N3O3. The predicted octanol–water partition coefficient (Wildman–Crippen LogP) is 2.05. The fourth-order valence-corrected chi connectivity index (χ4v) is 1.41. The van der Waals surface area contributed by atoms with Gasteiger partial charge in [-0.1, -0.05) is 11.2 Å². The van der Waals surface area contributed by atoms with Gasteiger partial charge in [-0.15, -0.1) is 0 Å². The largest absolute Gasteiger partial charge is 0.496 e. The van der Waals surface area contributed by atoms with Gasteiger partial charge in [0.2, 0.25) is 0 Å². The molecule has 0 heterocycles. The molecule has 1 atom stereocenters. The zero-order chi connectivity index (χ0) is 12.0. The first-order valence-electron chi connectivity index (χ1n) is 4.64. The maximum atomic E-state index is 9.85. The zero-order valence-electron chi connectivity index (χ0n) is 9.12. The normalized spacial score (nSPS) is 11.4. The molecule has 0 saturated heterocycles. The van der Waals surface area contributed by atoms with E-state index in [1.165, 1.54) is 14.2 Å². The lowest BCUT2D eigenvalue weighted by Gasteiger charge is -2.16. The highest BCUT2D eigenvalue weighted by Gasteiger charge is 2.17. The number of rotatable bonds is 5. The number of methoxy groups -OCH3 is 2. The molecule has 0 aromatic heterocycles. The molecule has 16 heavy (non-hydrogen) atoms. The summed E-state index contributed by atoms with van der Waals surface area (Å²) in [5.74, 6) is 1.000. The number of nitrogens with zero attached hydrogens (tertiary/aromatic N) is 3. The van der Waals surface area contributed by atoms with E-state index in [0.29, 0.717) is 17.1 Å². The van der Waals surface area contributed by atoms with Crippen molar-refractivity contribution >= 4 is 0 Å². The molecule has 0 aliphatic heterocycles. The van der Waals surface area contributed by atoms with Gasteiger partial charge in [0, 0.05) is 4.91 Å². The van der Waals surface area contributed by atoms with Crippen LogP contribution in [0.3, 0.4) is 0 Å². The Balaban J connectivity index is 3.11. The Morgan fingerprint density at radius 1 is 1.38 bits per heavy atom. The first-order valence-corrected chi connectivity index (χ1v) is 4.64. The van der Waals surface area contributed by atoms with Gasteiger partial charge in [0.25, 0.3) is 0 Å². The lowest BCUT2D eigenvalue weighted by atomic mass is 10.1. The maximum Gasteiger partial charge on any atom is 0.128 e. The van der Waals surface area contributed by atoms with Crippen molar-refractivity contribution in [3.63, 3.8) is 0 Å². The van der Waals surface area contributed by atoms with Gasteiger partial charge >= 0.3 is 0 Å². The summed E-state index contributed by atoms with van der Waals surface area (Å²) in [4.78, 5) is 2.60. The van der Waals surface area contributed by atoms with Gasteiger partial charge < -0.3 is 14.6 Å². The van der Waals surface area contributed by atoms with Crippen molar-refractivity contribution in [2.45, 2.75) is 6.10 Å². The molecule has 0 saturated carbocycles. The number of hydrogen-bond acceptors (Lipinski definition) is 4. The average molecular weight is 223 g/mol. The minimum absolute atomic E-state index is 0.0623. The van der Waals surface area contributed by atoms with Crippen molar-refractivity contribution < 1.29 is 14.6 Å². The highest BCUT2D eigenvalue weighted by atomic mass is 16.5. The van der Waals surface area contributed by atoms with Crippen LogP contribution in [0.15, 0.2) is 23.3 Å². The number of aliphatic hydroxyl groups excluding tert-OH is 1. The highest BCUT2D eigenvalue weighted by Crippen LogP contribution is 2.33. The molecule has 86 valence electrons. The molecule has 0 spiro atoms. The molecule has 0 aliphatic rings. The van der Waals surface area contributed by atoms with Crippen LogP contribution in [0.4, 0.5) is 0 Å². The van der Waals surface area contributed by atoms with Crippen molar-refractivity contribution in [1.29, 1.82) is 0 Å². The second-order valence-electron chi connectivity index (χ2n) is 3.01. The summed E-state index contributed by atoms with van der Waals surface area (Å²) in [6, 6.07) is 5.16. The molecule has 6 heteroatoms. The average Bonchev–Trinajstić information content (AvgIpc) is 2.34. The maximum absolute atomic E-state index is 9.85. The van der Waals surface area contributed by atoms with Crippen LogP contribution in [-0.2, 0) is 0 Å². The van der Waals surface area contributed by atoms with Crippen molar-refractivity contribution in [3.05, 3.63) is 34.2 Å². The van der Waals surface area contributed by atoms with E-state index in [1.54, 1.807) is 18.2 Å². The molecule has 1 rings (SSSR count). The summed E-state index contributed by atoms with van der Waals surface area (Å²) < 4.78 is 10.2. The van der Waals surface area contributed by atoms with E-state index in [9.17, 15) is 5.11 Å². The second-order valence-corrected chi connectivity index (χ2v) is 3.01. The van der Waals surface area contributed by atoms with Crippen LogP contribution in [0.25, 0.3) is 10.4 Å². The van der Waals surface area contributed by atoms with E-state index < -0.39 is 6.10 Å². The van der Waals surface area contributed by atoms with Crippen LogP contribution in [0, 0.1) is 0 Å². The Morgan fingerprint density at radius 3 is 2.38 bits per heavy atom. The quantitative estimate of drug-likeness (QED) is 0.470. The van der Waals surface area contributed by atoms with Gasteiger partial charge in [0.05, 0.1) is 32.4 Å². The Kier molecular flexibility index (Phi) is 4.44. The standard InChI is InChI=1S/C10H13N3O3/c1-15-8-4-3-5-9(16-2)10(8)7(14)6-12-13-11/h3-5,7,14H,6H2,1-2H3. The summed E-state index contributed by atoms with van der Waals surface area (Å²) in [7, 11) is 3.00. The van der Waals surface area contributed by atoms with Gasteiger partial charge in [-0.25, -0.2) is 0 Å². The number of hydrogen-bond donors (Lipinski definition) is 1. The summed E-state index contributed by atoms with van der Waals surface area (Å²) in [5, 5.41) is 13.2.